The smallest absolute Gasteiger partial charge is 0.0715 e. The van der Waals surface area contributed by atoms with E-state index >= 15 is 0 Å². The Balaban J connectivity index is 1.07. The van der Waals surface area contributed by atoms with Crippen LogP contribution in [0.3, 0.4) is 0 Å². The van der Waals surface area contributed by atoms with Crippen LogP contribution in [0.4, 0.5) is 0 Å². The highest BCUT2D eigenvalue weighted by atomic mass is 14.7. The zero-order chi connectivity index (χ0) is 40.3. The number of rotatable bonds is 9. The van der Waals surface area contributed by atoms with Crippen molar-refractivity contribution in [1.29, 1.82) is 0 Å². The van der Waals surface area contributed by atoms with Crippen LogP contribution in [0.15, 0.2) is 243 Å². The molecule has 0 unspecified atom stereocenters. The molecule has 60 heavy (non-hydrogen) atoms. The van der Waals surface area contributed by atoms with Crippen LogP contribution in [0.5, 0.6) is 0 Å². The van der Waals surface area contributed by atoms with Crippen molar-refractivity contribution < 1.29 is 0 Å². The van der Waals surface area contributed by atoms with Crippen molar-refractivity contribution in [2.75, 3.05) is 0 Å². The van der Waals surface area contributed by atoms with Crippen molar-refractivity contribution in [3.63, 3.8) is 0 Å². The van der Waals surface area contributed by atoms with E-state index in [0.717, 1.165) is 55.6 Å². The molecular weight excluding hydrogens is 723 g/mol. The van der Waals surface area contributed by atoms with Gasteiger partial charge in [-0.3, -0.25) is 0 Å². The number of hydrogen-bond acceptors (Lipinski definition) is 1. The number of allylic oxidation sites excluding steroid dienone is 2. The van der Waals surface area contributed by atoms with E-state index in [1.807, 2.05) is 0 Å². The van der Waals surface area contributed by atoms with Crippen molar-refractivity contribution in [1.82, 2.24) is 4.98 Å². The molecule has 0 bridgehead atoms. The van der Waals surface area contributed by atoms with E-state index in [4.69, 9.17) is 4.98 Å². The summed E-state index contributed by atoms with van der Waals surface area (Å²) in [4.78, 5) is 5.14. The van der Waals surface area contributed by atoms with Crippen molar-refractivity contribution in [3.05, 3.63) is 260 Å². The Morgan fingerprint density at radius 3 is 1.43 bits per heavy atom. The summed E-state index contributed by atoms with van der Waals surface area (Å²) in [5.74, 6) is 0. The maximum Gasteiger partial charge on any atom is 0.0715 e. The number of benzene rings is 9. The van der Waals surface area contributed by atoms with E-state index in [9.17, 15) is 0 Å². The molecule has 0 saturated heterocycles. The van der Waals surface area contributed by atoms with Crippen LogP contribution in [0.25, 0.3) is 88.6 Å². The van der Waals surface area contributed by atoms with Gasteiger partial charge in [-0.25, -0.2) is 4.98 Å². The molecule has 10 aromatic rings. The lowest BCUT2D eigenvalue weighted by atomic mass is 9.88. The predicted octanol–water partition coefficient (Wildman–Crippen LogP) is 15.9. The molecular formula is C59H41N. The maximum absolute atomic E-state index is 5.14. The Morgan fingerprint density at radius 2 is 0.800 bits per heavy atom. The zero-order valence-electron chi connectivity index (χ0n) is 33.2. The van der Waals surface area contributed by atoms with Crippen molar-refractivity contribution in [3.8, 4) is 55.8 Å². The lowest BCUT2D eigenvalue weighted by molar-refractivity contribution is 1.40. The number of fused-ring (bicyclic) bond motifs is 2. The topological polar surface area (TPSA) is 12.9 Å². The Bertz CT molecular complexity index is 3140. The third-order valence-electron chi connectivity index (χ3n) is 11.4. The Kier molecular flexibility index (Phi) is 9.83. The predicted molar refractivity (Wildman–Crippen MR) is 255 cm³/mol. The highest BCUT2D eigenvalue weighted by Gasteiger charge is 2.15. The van der Waals surface area contributed by atoms with E-state index in [1.54, 1.807) is 0 Å². The van der Waals surface area contributed by atoms with E-state index < -0.39 is 0 Å². The van der Waals surface area contributed by atoms with Gasteiger partial charge in [-0.2, -0.15) is 0 Å². The minimum Gasteiger partial charge on any atom is -0.248 e. The third-order valence-corrected chi connectivity index (χ3v) is 11.4. The van der Waals surface area contributed by atoms with Gasteiger partial charge in [-0.15, -0.1) is 0 Å². The first-order chi connectivity index (χ1) is 29.6. The molecule has 282 valence electrons. The largest absolute Gasteiger partial charge is 0.248 e. The second kappa shape index (κ2) is 16.2. The molecule has 9 aromatic carbocycles. The summed E-state index contributed by atoms with van der Waals surface area (Å²) in [6.07, 6.45) is 2.25. The number of nitrogens with zero attached hydrogens (tertiary/aromatic N) is 1. The molecule has 0 amide bonds. The van der Waals surface area contributed by atoms with Crippen LogP contribution < -0.4 is 0 Å². The molecule has 0 spiro atoms. The molecule has 0 aliphatic rings. The number of pyridine rings is 1. The SMILES string of the molecule is C=C(/C=C(/c1ccc(-c2ccccc2)cc1)c1cc(-c2ccc(-c3cc(-c4ccccc4)c4ccccc4n3)cc2)c2ccccc2c1)c1ccc(-c2ccccc2)cc1. The van der Waals surface area contributed by atoms with E-state index in [-0.39, 0.29) is 0 Å². The number of hydrogen-bond donors (Lipinski definition) is 0. The molecule has 1 heteroatoms. The summed E-state index contributed by atoms with van der Waals surface area (Å²) in [6.45, 7) is 4.63. The normalized spacial score (nSPS) is 11.5. The fraction of sp³-hybridized carbons (Fsp3) is 0. The van der Waals surface area contributed by atoms with E-state index in [2.05, 4.69) is 243 Å². The van der Waals surface area contributed by atoms with Gasteiger partial charge in [0.15, 0.2) is 0 Å². The average Bonchev–Trinajstić information content (AvgIpc) is 3.33. The molecule has 0 fully saturated rings. The quantitative estimate of drug-likeness (QED) is 0.133. The van der Waals surface area contributed by atoms with E-state index in [0.29, 0.717) is 0 Å². The fourth-order valence-corrected chi connectivity index (χ4v) is 8.28. The van der Waals surface area contributed by atoms with Crippen LogP contribution in [-0.4, -0.2) is 4.98 Å². The van der Waals surface area contributed by atoms with Gasteiger partial charge in [-0.05, 0) is 113 Å². The Hall–Kier alpha value is -7.87. The van der Waals surface area contributed by atoms with Crippen molar-refractivity contribution >= 4 is 32.8 Å². The minimum atomic E-state index is 0.952. The molecule has 0 saturated carbocycles. The van der Waals surface area contributed by atoms with Gasteiger partial charge in [0, 0.05) is 10.9 Å². The minimum absolute atomic E-state index is 0.952. The van der Waals surface area contributed by atoms with Gasteiger partial charge >= 0.3 is 0 Å². The molecule has 10 rings (SSSR count). The number of aromatic nitrogens is 1. The van der Waals surface area contributed by atoms with Crippen LogP contribution in [-0.2, 0) is 0 Å². The lowest BCUT2D eigenvalue weighted by Crippen LogP contribution is -1.93. The highest BCUT2D eigenvalue weighted by molar-refractivity contribution is 6.02. The van der Waals surface area contributed by atoms with Gasteiger partial charge in [0.2, 0.25) is 0 Å². The van der Waals surface area contributed by atoms with Crippen LogP contribution >= 0.6 is 0 Å². The summed E-state index contributed by atoms with van der Waals surface area (Å²) in [5, 5.41) is 3.54. The summed E-state index contributed by atoms with van der Waals surface area (Å²) >= 11 is 0. The summed E-state index contributed by atoms with van der Waals surface area (Å²) in [7, 11) is 0. The van der Waals surface area contributed by atoms with Gasteiger partial charge < -0.3 is 0 Å². The molecule has 0 radical (unpaired) electrons. The van der Waals surface area contributed by atoms with Gasteiger partial charge in [0.25, 0.3) is 0 Å². The average molecular weight is 764 g/mol. The first-order valence-corrected chi connectivity index (χ1v) is 20.5. The zero-order valence-corrected chi connectivity index (χ0v) is 33.2. The standard InChI is InChI=1S/C59H41N/c1-41(42-25-27-45(28-26-42)43-15-5-2-6-16-43)37-55(48-31-29-46(30-32-48)44-17-7-3-8-18-44)52-38-51-21-11-12-22-53(51)56(39-52)49-33-35-50(36-34-49)59-40-57(47-19-9-4-10-20-47)54-23-13-14-24-58(54)60-59/h2-40H,1H2/b55-37-. The van der Waals surface area contributed by atoms with Gasteiger partial charge in [-0.1, -0.05) is 213 Å². The monoisotopic (exact) mass is 763 g/mol. The summed E-state index contributed by atoms with van der Waals surface area (Å²) < 4.78 is 0. The first-order valence-electron chi connectivity index (χ1n) is 20.5. The second-order valence-electron chi connectivity index (χ2n) is 15.2. The molecule has 1 aromatic heterocycles. The molecule has 0 aliphatic heterocycles. The third kappa shape index (κ3) is 7.37. The van der Waals surface area contributed by atoms with Gasteiger partial charge in [0.05, 0.1) is 11.2 Å². The Labute approximate surface area is 351 Å². The molecule has 0 N–H and O–H groups in total. The van der Waals surface area contributed by atoms with Crippen molar-refractivity contribution in [2.45, 2.75) is 0 Å². The number of para-hydroxylation sites is 1. The molecule has 1 nitrogen and oxygen atoms in total. The summed E-state index contributed by atoms with van der Waals surface area (Å²) in [5.41, 5.74) is 17.9. The van der Waals surface area contributed by atoms with Crippen molar-refractivity contribution in [2.24, 2.45) is 0 Å². The van der Waals surface area contributed by atoms with Crippen LogP contribution in [0.2, 0.25) is 0 Å². The van der Waals surface area contributed by atoms with Gasteiger partial charge in [0.1, 0.15) is 0 Å². The molecule has 0 aliphatic carbocycles. The fourth-order valence-electron chi connectivity index (χ4n) is 8.28. The van der Waals surface area contributed by atoms with E-state index in [1.165, 1.54) is 49.7 Å². The second-order valence-corrected chi connectivity index (χ2v) is 15.2. The van der Waals surface area contributed by atoms with Crippen LogP contribution in [0.1, 0.15) is 16.7 Å². The lowest BCUT2D eigenvalue weighted by Gasteiger charge is -2.16. The highest BCUT2D eigenvalue weighted by Crippen LogP contribution is 2.38. The van der Waals surface area contributed by atoms with Crippen LogP contribution in [0, 0.1) is 0 Å². The Morgan fingerprint density at radius 1 is 0.350 bits per heavy atom. The first kappa shape index (κ1) is 36.5. The molecule has 1 heterocycles. The summed E-state index contributed by atoms with van der Waals surface area (Å²) in [6, 6.07) is 82.2. The molecule has 0 atom stereocenters. The maximum atomic E-state index is 5.14.